The smallest absolute Gasteiger partial charge is 0.268 e. The summed E-state index contributed by atoms with van der Waals surface area (Å²) in [5.74, 6) is 0.826. The zero-order chi connectivity index (χ0) is 19.1. The lowest BCUT2D eigenvalue weighted by Crippen LogP contribution is -2.41. The first-order valence-corrected chi connectivity index (χ1v) is 10.2. The van der Waals surface area contributed by atoms with Crippen molar-refractivity contribution in [2.24, 2.45) is 0 Å². The van der Waals surface area contributed by atoms with Gasteiger partial charge in [-0.2, -0.15) is 0 Å². The molecule has 0 N–H and O–H groups in total. The Kier molecular flexibility index (Phi) is 4.27. The van der Waals surface area contributed by atoms with Crippen molar-refractivity contribution in [3.05, 3.63) is 65.4 Å². The number of carbonyl (C=O) groups excluding carboxylic acids is 1. The number of benzene rings is 2. The van der Waals surface area contributed by atoms with E-state index in [1.165, 1.54) is 5.56 Å². The van der Waals surface area contributed by atoms with E-state index in [1.54, 1.807) is 0 Å². The summed E-state index contributed by atoms with van der Waals surface area (Å²) in [6, 6.07) is 16.2. The minimum Gasteiger partial charge on any atom is -0.480 e. The van der Waals surface area contributed by atoms with Gasteiger partial charge in [-0.05, 0) is 55.4 Å². The van der Waals surface area contributed by atoms with Crippen LogP contribution in [0.15, 0.2) is 48.5 Å². The summed E-state index contributed by atoms with van der Waals surface area (Å²) in [5, 5.41) is 0.989. The number of fused-ring (bicyclic) bond motifs is 2. The van der Waals surface area contributed by atoms with Crippen molar-refractivity contribution in [2.75, 3.05) is 4.90 Å². The van der Waals surface area contributed by atoms with Crippen LogP contribution in [-0.4, -0.2) is 17.0 Å². The van der Waals surface area contributed by atoms with E-state index >= 15 is 0 Å². The van der Waals surface area contributed by atoms with Crippen LogP contribution in [0.5, 0.6) is 5.75 Å². The normalized spacial score (nSPS) is 18.5. The van der Waals surface area contributed by atoms with Crippen LogP contribution in [0.25, 0.3) is 10.9 Å². The molecule has 0 fully saturated rings. The molecule has 0 radical (unpaired) electrons. The number of amides is 1. The first kappa shape index (κ1) is 17.2. The second-order valence-corrected chi connectivity index (χ2v) is 7.67. The van der Waals surface area contributed by atoms with Gasteiger partial charge >= 0.3 is 0 Å². The van der Waals surface area contributed by atoms with Crippen LogP contribution in [0.4, 0.5) is 5.69 Å². The molecule has 5 rings (SSSR count). The summed E-state index contributed by atoms with van der Waals surface area (Å²) >= 11 is 0. The molecule has 3 aromatic rings. The fourth-order valence-electron chi connectivity index (χ4n) is 4.48. The van der Waals surface area contributed by atoms with Crippen LogP contribution in [0.1, 0.15) is 43.0 Å². The highest BCUT2D eigenvalue weighted by molar-refractivity contribution is 6.09. The van der Waals surface area contributed by atoms with Gasteiger partial charge in [0.1, 0.15) is 5.75 Å². The Labute approximate surface area is 165 Å². The van der Waals surface area contributed by atoms with Gasteiger partial charge in [-0.25, -0.2) is 0 Å². The maximum absolute atomic E-state index is 13.6. The molecule has 2 heterocycles. The van der Waals surface area contributed by atoms with E-state index in [1.807, 2.05) is 48.2 Å². The van der Waals surface area contributed by atoms with Crippen molar-refractivity contribution in [3.63, 3.8) is 0 Å². The van der Waals surface area contributed by atoms with Crippen molar-refractivity contribution >= 4 is 22.5 Å². The molecule has 1 aromatic heterocycles. The van der Waals surface area contributed by atoms with Gasteiger partial charge in [0.2, 0.25) is 0 Å². The predicted molar refractivity (Wildman–Crippen MR) is 111 cm³/mol. The first-order chi connectivity index (χ1) is 13.8. The van der Waals surface area contributed by atoms with Gasteiger partial charge in [-0.1, -0.05) is 43.3 Å². The summed E-state index contributed by atoms with van der Waals surface area (Å²) in [7, 11) is 0. The number of aromatic nitrogens is 1. The van der Waals surface area contributed by atoms with Gasteiger partial charge < -0.3 is 9.64 Å². The third-order valence-corrected chi connectivity index (χ3v) is 5.86. The third-order valence-electron chi connectivity index (χ3n) is 5.86. The third kappa shape index (κ3) is 2.75. The minimum atomic E-state index is -0.471. The predicted octanol–water partition coefficient (Wildman–Crippen LogP) is 4.82. The van der Waals surface area contributed by atoms with E-state index < -0.39 is 6.10 Å². The van der Waals surface area contributed by atoms with Gasteiger partial charge in [-0.3, -0.25) is 9.78 Å². The largest absolute Gasteiger partial charge is 0.480 e. The Bertz CT molecular complexity index is 1050. The summed E-state index contributed by atoms with van der Waals surface area (Å²) in [6.45, 7) is 2.56. The number of carbonyl (C=O) groups is 1. The molecule has 0 bridgehead atoms. The number of hydrogen-bond donors (Lipinski definition) is 0. The SMILES string of the molecule is CCC1Oc2cccc3nc4c(c(c23)N(Cc2ccccc2)C1=O)CCCC4. The van der Waals surface area contributed by atoms with Gasteiger partial charge in [0.05, 0.1) is 23.1 Å². The molecular formula is C24H24N2O2. The molecule has 1 atom stereocenters. The number of hydrogen-bond acceptors (Lipinski definition) is 3. The lowest BCUT2D eigenvalue weighted by Gasteiger charge is -2.29. The fraction of sp³-hybridized carbons (Fsp3) is 0.333. The van der Waals surface area contributed by atoms with Gasteiger partial charge in [0, 0.05) is 5.69 Å². The minimum absolute atomic E-state index is 0.0443. The molecule has 0 saturated carbocycles. The zero-order valence-corrected chi connectivity index (χ0v) is 16.1. The van der Waals surface area contributed by atoms with Crippen LogP contribution >= 0.6 is 0 Å². The molecule has 1 unspecified atom stereocenters. The Morgan fingerprint density at radius 3 is 2.71 bits per heavy atom. The number of pyridine rings is 1. The van der Waals surface area contributed by atoms with Gasteiger partial charge in [0.25, 0.3) is 5.91 Å². The number of aryl methyl sites for hydroxylation is 1. The van der Waals surface area contributed by atoms with Crippen LogP contribution in [-0.2, 0) is 24.2 Å². The summed E-state index contributed by atoms with van der Waals surface area (Å²) in [6.07, 6.45) is 4.42. The second kappa shape index (κ2) is 6.93. The molecule has 2 aromatic carbocycles. The summed E-state index contributed by atoms with van der Waals surface area (Å²) in [5.41, 5.74) is 5.46. The van der Waals surface area contributed by atoms with Crippen molar-refractivity contribution < 1.29 is 9.53 Å². The average molecular weight is 372 g/mol. The van der Waals surface area contributed by atoms with E-state index in [0.29, 0.717) is 13.0 Å². The highest BCUT2D eigenvalue weighted by atomic mass is 16.5. The molecule has 0 saturated heterocycles. The van der Waals surface area contributed by atoms with Crippen LogP contribution < -0.4 is 9.64 Å². The molecule has 4 nitrogen and oxygen atoms in total. The topological polar surface area (TPSA) is 42.4 Å². The fourth-order valence-corrected chi connectivity index (χ4v) is 4.48. The lowest BCUT2D eigenvalue weighted by molar-refractivity contribution is -0.125. The monoisotopic (exact) mass is 372 g/mol. The summed E-state index contributed by atoms with van der Waals surface area (Å²) < 4.78 is 6.22. The number of anilines is 1. The van der Waals surface area contributed by atoms with E-state index in [0.717, 1.165) is 59.3 Å². The highest BCUT2D eigenvalue weighted by Crippen LogP contribution is 2.43. The van der Waals surface area contributed by atoms with E-state index in [4.69, 9.17) is 9.72 Å². The molecule has 2 aliphatic rings. The Morgan fingerprint density at radius 2 is 1.89 bits per heavy atom. The molecule has 1 amide bonds. The molecule has 1 aliphatic heterocycles. The van der Waals surface area contributed by atoms with Crippen LogP contribution in [0.2, 0.25) is 0 Å². The number of ether oxygens (including phenoxy) is 1. The van der Waals surface area contributed by atoms with Crippen molar-refractivity contribution in [3.8, 4) is 5.75 Å². The standard InChI is InChI=1S/C24H24N2O2/c1-2-20-24(27)26(15-16-9-4-3-5-10-16)23-17-11-6-7-12-18(17)25-19-13-8-14-21(28-20)22(19)23/h3-5,8-10,13-14,20H,2,6-7,11-12,15H2,1H3. The van der Waals surface area contributed by atoms with E-state index in [-0.39, 0.29) is 5.91 Å². The number of rotatable bonds is 3. The van der Waals surface area contributed by atoms with Crippen molar-refractivity contribution in [2.45, 2.75) is 51.7 Å². The number of nitrogens with zero attached hydrogens (tertiary/aromatic N) is 2. The average Bonchev–Trinajstić information content (AvgIpc) is 2.85. The molecule has 28 heavy (non-hydrogen) atoms. The lowest BCUT2D eigenvalue weighted by atomic mass is 9.91. The van der Waals surface area contributed by atoms with Gasteiger partial charge in [0.15, 0.2) is 6.10 Å². The Morgan fingerprint density at radius 1 is 1.07 bits per heavy atom. The molecule has 4 heteroatoms. The highest BCUT2D eigenvalue weighted by Gasteiger charge is 2.35. The quantitative estimate of drug-likeness (QED) is 0.662. The second-order valence-electron chi connectivity index (χ2n) is 7.67. The van der Waals surface area contributed by atoms with Crippen LogP contribution in [0, 0.1) is 0 Å². The maximum Gasteiger partial charge on any atom is 0.268 e. The zero-order valence-electron chi connectivity index (χ0n) is 16.1. The van der Waals surface area contributed by atoms with E-state index in [9.17, 15) is 4.79 Å². The van der Waals surface area contributed by atoms with E-state index in [2.05, 4.69) is 12.1 Å². The Balaban J connectivity index is 1.78. The van der Waals surface area contributed by atoms with Gasteiger partial charge in [-0.15, -0.1) is 0 Å². The summed E-state index contributed by atoms with van der Waals surface area (Å²) in [4.78, 5) is 20.5. The molecule has 142 valence electrons. The molecular weight excluding hydrogens is 348 g/mol. The first-order valence-electron chi connectivity index (χ1n) is 10.2. The maximum atomic E-state index is 13.6. The molecule has 1 aliphatic carbocycles. The van der Waals surface area contributed by atoms with Crippen LogP contribution in [0.3, 0.4) is 0 Å². The van der Waals surface area contributed by atoms with Crippen molar-refractivity contribution in [1.29, 1.82) is 0 Å². The molecule has 0 spiro atoms. The van der Waals surface area contributed by atoms with Crippen molar-refractivity contribution in [1.82, 2.24) is 4.98 Å². The Hall–Kier alpha value is -2.88.